The highest BCUT2D eigenvalue weighted by Gasteiger charge is 2.19. The Labute approximate surface area is 137 Å². The van der Waals surface area contributed by atoms with Gasteiger partial charge in [0.25, 0.3) is 0 Å². The van der Waals surface area contributed by atoms with Gasteiger partial charge in [0.2, 0.25) is 0 Å². The zero-order valence-corrected chi connectivity index (χ0v) is 13.9. The van der Waals surface area contributed by atoms with Crippen molar-refractivity contribution in [3.8, 4) is 11.3 Å². The van der Waals surface area contributed by atoms with Gasteiger partial charge in [-0.3, -0.25) is 4.99 Å². The van der Waals surface area contributed by atoms with E-state index in [1.165, 1.54) is 12.8 Å². The summed E-state index contributed by atoms with van der Waals surface area (Å²) in [6.45, 7) is 5.12. The van der Waals surface area contributed by atoms with E-state index in [1.807, 2.05) is 31.4 Å². The van der Waals surface area contributed by atoms with Crippen LogP contribution in [-0.2, 0) is 6.54 Å². The maximum atomic E-state index is 4.47. The van der Waals surface area contributed by atoms with Crippen LogP contribution in [0.1, 0.15) is 25.6 Å². The summed E-state index contributed by atoms with van der Waals surface area (Å²) in [4.78, 5) is 14.6. The summed E-state index contributed by atoms with van der Waals surface area (Å²) in [6, 6.07) is 10.3. The summed E-state index contributed by atoms with van der Waals surface area (Å²) in [5.41, 5.74) is 2.20. The Morgan fingerprint density at radius 1 is 1.39 bits per heavy atom. The molecule has 2 aromatic rings. The van der Waals surface area contributed by atoms with Gasteiger partial charge >= 0.3 is 0 Å². The first-order chi connectivity index (χ1) is 11.3. The summed E-state index contributed by atoms with van der Waals surface area (Å²) in [5.74, 6) is 2.62. The number of benzene rings is 1. The molecule has 2 heterocycles. The van der Waals surface area contributed by atoms with Gasteiger partial charge in [0, 0.05) is 20.1 Å². The smallest absolute Gasteiger partial charge is 0.194 e. The Kier molecular flexibility index (Phi) is 4.95. The third-order valence-electron chi connectivity index (χ3n) is 4.30. The van der Waals surface area contributed by atoms with E-state index < -0.39 is 0 Å². The molecule has 1 saturated heterocycles. The molecule has 2 N–H and O–H groups in total. The third-order valence-corrected chi connectivity index (χ3v) is 4.30. The lowest BCUT2D eigenvalue weighted by atomic mass is 10.0. The van der Waals surface area contributed by atoms with Gasteiger partial charge in [-0.15, -0.1) is 0 Å². The average Bonchev–Trinajstić information content (AvgIpc) is 3.05. The zero-order valence-electron chi connectivity index (χ0n) is 13.9. The Morgan fingerprint density at radius 3 is 2.96 bits per heavy atom. The molecule has 23 heavy (non-hydrogen) atoms. The summed E-state index contributed by atoms with van der Waals surface area (Å²) < 4.78 is 0. The molecule has 1 aliphatic heterocycles. The molecule has 5 heteroatoms. The molecule has 1 unspecified atom stereocenters. The molecule has 1 fully saturated rings. The van der Waals surface area contributed by atoms with E-state index in [-0.39, 0.29) is 0 Å². The molecule has 1 aromatic heterocycles. The van der Waals surface area contributed by atoms with E-state index >= 15 is 0 Å². The second kappa shape index (κ2) is 7.31. The molecule has 0 bridgehead atoms. The molecule has 1 aromatic carbocycles. The highest BCUT2D eigenvalue weighted by Crippen LogP contribution is 2.17. The van der Waals surface area contributed by atoms with Crippen LogP contribution >= 0.6 is 0 Å². The molecule has 3 rings (SSSR count). The monoisotopic (exact) mass is 311 g/mol. The van der Waals surface area contributed by atoms with Gasteiger partial charge in [0.15, 0.2) is 5.96 Å². The second-order valence-electron chi connectivity index (χ2n) is 6.20. The van der Waals surface area contributed by atoms with Gasteiger partial charge in [-0.25, -0.2) is 4.98 Å². The van der Waals surface area contributed by atoms with Crippen molar-refractivity contribution >= 4 is 5.96 Å². The van der Waals surface area contributed by atoms with Crippen LogP contribution in [0.25, 0.3) is 11.3 Å². The maximum absolute atomic E-state index is 4.47. The fourth-order valence-corrected chi connectivity index (χ4v) is 3.09. The lowest BCUT2D eigenvalue weighted by molar-refractivity contribution is 0.266. The topological polar surface area (TPSA) is 56.3 Å². The maximum Gasteiger partial charge on any atom is 0.194 e. The van der Waals surface area contributed by atoms with Crippen LogP contribution in [0, 0.1) is 5.92 Å². The van der Waals surface area contributed by atoms with Crippen molar-refractivity contribution in [3.63, 3.8) is 0 Å². The van der Waals surface area contributed by atoms with Gasteiger partial charge < -0.3 is 15.2 Å². The van der Waals surface area contributed by atoms with Gasteiger partial charge in [0.05, 0.1) is 18.4 Å². The molecule has 5 nitrogen and oxygen atoms in total. The molecular weight excluding hydrogens is 286 g/mol. The van der Waals surface area contributed by atoms with Crippen molar-refractivity contribution in [2.45, 2.75) is 26.3 Å². The second-order valence-corrected chi connectivity index (χ2v) is 6.20. The molecule has 0 aliphatic carbocycles. The molecule has 1 aliphatic rings. The molecule has 1 atom stereocenters. The largest absolute Gasteiger partial charge is 0.349 e. The predicted octanol–water partition coefficient (Wildman–Crippen LogP) is 2.88. The van der Waals surface area contributed by atoms with E-state index in [2.05, 4.69) is 44.2 Å². The number of hydrogen-bond donors (Lipinski definition) is 2. The standard InChI is InChI=1S/C18H25N5/c1-14-7-6-10-23(13-14)18(19-2)21-12-17-20-11-16(22-17)15-8-4-3-5-9-15/h3-5,8-9,11,14H,6-7,10,12-13H2,1-2H3,(H,19,21)(H,20,22). The van der Waals surface area contributed by atoms with Crippen LogP contribution < -0.4 is 5.32 Å². The quantitative estimate of drug-likeness (QED) is 0.677. The molecule has 0 radical (unpaired) electrons. The summed E-state index contributed by atoms with van der Waals surface area (Å²) in [5, 5.41) is 3.42. The summed E-state index contributed by atoms with van der Waals surface area (Å²) >= 11 is 0. The summed E-state index contributed by atoms with van der Waals surface area (Å²) in [7, 11) is 1.85. The van der Waals surface area contributed by atoms with E-state index in [0.717, 1.165) is 42.0 Å². The molecule has 0 amide bonds. The minimum absolute atomic E-state index is 0.657. The number of aliphatic imine (C=N–C) groups is 1. The minimum atomic E-state index is 0.657. The first kappa shape index (κ1) is 15.6. The molecule has 122 valence electrons. The Hall–Kier alpha value is -2.30. The number of H-pyrrole nitrogens is 1. The van der Waals surface area contributed by atoms with Crippen molar-refractivity contribution < 1.29 is 0 Å². The van der Waals surface area contributed by atoms with Crippen LogP contribution in [0.4, 0.5) is 0 Å². The van der Waals surface area contributed by atoms with Gasteiger partial charge in [-0.2, -0.15) is 0 Å². The Morgan fingerprint density at radius 2 is 2.22 bits per heavy atom. The molecule has 0 spiro atoms. The average molecular weight is 311 g/mol. The van der Waals surface area contributed by atoms with E-state index in [0.29, 0.717) is 6.54 Å². The number of likely N-dealkylation sites (tertiary alicyclic amines) is 1. The summed E-state index contributed by atoms with van der Waals surface area (Å²) in [6.07, 6.45) is 4.44. The van der Waals surface area contributed by atoms with Crippen LogP contribution in [0.3, 0.4) is 0 Å². The number of imidazole rings is 1. The molecule has 0 saturated carbocycles. The zero-order chi connectivity index (χ0) is 16.1. The van der Waals surface area contributed by atoms with Gasteiger partial charge in [0.1, 0.15) is 5.82 Å². The van der Waals surface area contributed by atoms with Crippen LogP contribution in [0.5, 0.6) is 0 Å². The Balaban J connectivity index is 1.60. The number of aromatic nitrogens is 2. The number of aromatic amines is 1. The lowest BCUT2D eigenvalue weighted by Gasteiger charge is -2.33. The van der Waals surface area contributed by atoms with Crippen molar-refractivity contribution in [1.29, 1.82) is 0 Å². The molecular formula is C18H25N5. The van der Waals surface area contributed by atoms with Crippen LogP contribution in [0.15, 0.2) is 41.5 Å². The van der Waals surface area contributed by atoms with Gasteiger partial charge in [-0.05, 0) is 24.3 Å². The number of guanidine groups is 1. The predicted molar refractivity (Wildman–Crippen MR) is 94.2 cm³/mol. The number of nitrogens with zero attached hydrogens (tertiary/aromatic N) is 3. The third kappa shape index (κ3) is 3.92. The number of nitrogens with one attached hydrogen (secondary N) is 2. The number of rotatable bonds is 3. The van der Waals surface area contributed by atoms with Crippen molar-refractivity contribution in [1.82, 2.24) is 20.2 Å². The Bertz CT molecular complexity index is 646. The van der Waals surface area contributed by atoms with Crippen molar-refractivity contribution in [2.75, 3.05) is 20.1 Å². The normalized spacial score (nSPS) is 19.0. The van der Waals surface area contributed by atoms with Crippen LogP contribution in [0.2, 0.25) is 0 Å². The first-order valence-electron chi connectivity index (χ1n) is 8.31. The SMILES string of the molecule is CN=C(NCc1ncc(-c2ccccc2)[nH]1)N1CCCC(C)C1. The highest BCUT2D eigenvalue weighted by atomic mass is 15.3. The number of piperidine rings is 1. The van der Waals surface area contributed by atoms with Crippen LogP contribution in [-0.4, -0.2) is 41.0 Å². The first-order valence-corrected chi connectivity index (χ1v) is 8.31. The van der Waals surface area contributed by atoms with E-state index in [4.69, 9.17) is 0 Å². The fraction of sp³-hybridized carbons (Fsp3) is 0.444. The lowest BCUT2D eigenvalue weighted by Crippen LogP contribution is -2.46. The minimum Gasteiger partial charge on any atom is -0.349 e. The fourth-order valence-electron chi connectivity index (χ4n) is 3.09. The van der Waals surface area contributed by atoms with Crippen molar-refractivity contribution in [3.05, 3.63) is 42.4 Å². The van der Waals surface area contributed by atoms with E-state index in [1.54, 1.807) is 0 Å². The van der Waals surface area contributed by atoms with E-state index in [9.17, 15) is 0 Å². The van der Waals surface area contributed by atoms with Crippen molar-refractivity contribution in [2.24, 2.45) is 10.9 Å². The number of hydrogen-bond acceptors (Lipinski definition) is 2. The van der Waals surface area contributed by atoms with Gasteiger partial charge in [-0.1, -0.05) is 37.3 Å². The highest BCUT2D eigenvalue weighted by molar-refractivity contribution is 5.79.